The molecule has 0 aliphatic rings. The Kier molecular flexibility index (Phi) is 9.93. The number of benzene rings is 2. The topological polar surface area (TPSA) is 86.8 Å². The number of nitrogens with zero attached hydrogens (tertiary/aromatic N) is 2. The summed E-state index contributed by atoms with van der Waals surface area (Å²) in [7, 11) is -3.96. The van der Waals surface area contributed by atoms with Crippen molar-refractivity contribution in [1.82, 2.24) is 10.2 Å². The third kappa shape index (κ3) is 9.30. The van der Waals surface area contributed by atoms with E-state index < -0.39 is 51.0 Å². The number of hydrogen-bond acceptors (Lipinski definition) is 4. The fourth-order valence-corrected chi connectivity index (χ4v) is 4.64. The molecule has 1 N–H and O–H groups in total. The van der Waals surface area contributed by atoms with Crippen LogP contribution in [0.5, 0.6) is 0 Å². The molecule has 1 atom stereocenters. The molecule has 2 amide bonds. The zero-order valence-corrected chi connectivity index (χ0v) is 22.8. The second-order valence-electron chi connectivity index (χ2n) is 10.1. The number of sulfonamides is 1. The molecule has 0 spiro atoms. The zero-order valence-electron chi connectivity index (χ0n) is 22.0. The van der Waals surface area contributed by atoms with Crippen molar-refractivity contribution in [2.24, 2.45) is 0 Å². The lowest BCUT2D eigenvalue weighted by atomic mass is 10.1. The summed E-state index contributed by atoms with van der Waals surface area (Å²) in [4.78, 5) is 27.4. The summed E-state index contributed by atoms with van der Waals surface area (Å²) >= 11 is 0. The number of carbonyl (C=O) groups excluding carboxylic acids is 2. The highest BCUT2D eigenvalue weighted by Crippen LogP contribution is 2.32. The van der Waals surface area contributed by atoms with Gasteiger partial charge in [-0.05, 0) is 70.0 Å². The fraction of sp³-hybridized carbons (Fsp3) is 0.462. The quantitative estimate of drug-likeness (QED) is 0.427. The predicted octanol–water partition coefficient (Wildman–Crippen LogP) is 4.72. The Morgan fingerprint density at radius 3 is 2.16 bits per heavy atom. The fourth-order valence-electron chi connectivity index (χ4n) is 3.68. The molecular formula is C26H33F4N3O4S. The van der Waals surface area contributed by atoms with Gasteiger partial charge in [-0.25, -0.2) is 12.8 Å². The lowest BCUT2D eigenvalue weighted by molar-refractivity contribution is -0.141. The summed E-state index contributed by atoms with van der Waals surface area (Å²) in [6.07, 6.45) is -3.98. The van der Waals surface area contributed by atoms with E-state index in [2.05, 4.69) is 5.32 Å². The summed E-state index contributed by atoms with van der Waals surface area (Å²) in [5.74, 6) is -1.33. The van der Waals surface area contributed by atoms with Crippen molar-refractivity contribution in [2.45, 2.75) is 64.8 Å². The first-order valence-corrected chi connectivity index (χ1v) is 13.7. The van der Waals surface area contributed by atoms with Gasteiger partial charge in [-0.3, -0.25) is 13.9 Å². The highest BCUT2D eigenvalue weighted by atomic mass is 32.2. The van der Waals surface area contributed by atoms with E-state index in [0.717, 1.165) is 28.8 Å². The molecule has 0 fully saturated rings. The Balaban J connectivity index is 2.23. The summed E-state index contributed by atoms with van der Waals surface area (Å²) in [6, 6.07) is 8.48. The van der Waals surface area contributed by atoms with Crippen LogP contribution in [-0.4, -0.2) is 49.5 Å². The van der Waals surface area contributed by atoms with Gasteiger partial charge in [0.25, 0.3) is 0 Å². The Hall–Kier alpha value is -3.15. The third-order valence-electron chi connectivity index (χ3n) is 5.55. The lowest BCUT2D eigenvalue weighted by Gasteiger charge is -2.32. The van der Waals surface area contributed by atoms with E-state index in [1.54, 1.807) is 27.7 Å². The van der Waals surface area contributed by atoms with Gasteiger partial charge in [-0.15, -0.1) is 0 Å². The van der Waals surface area contributed by atoms with E-state index in [4.69, 9.17) is 0 Å². The van der Waals surface area contributed by atoms with Crippen LogP contribution in [0.3, 0.4) is 0 Å². The molecule has 0 saturated carbocycles. The smallest absolute Gasteiger partial charge is 0.350 e. The minimum Gasteiger partial charge on any atom is -0.350 e. The van der Waals surface area contributed by atoms with E-state index in [9.17, 15) is 35.6 Å². The van der Waals surface area contributed by atoms with Crippen LogP contribution in [0.4, 0.5) is 23.2 Å². The number of hydrogen-bond donors (Lipinski definition) is 1. The number of nitrogens with one attached hydrogen (secondary N) is 1. The van der Waals surface area contributed by atoms with Crippen molar-refractivity contribution in [1.29, 1.82) is 0 Å². The van der Waals surface area contributed by atoms with Gasteiger partial charge in [-0.1, -0.05) is 18.2 Å². The average molecular weight is 560 g/mol. The zero-order chi connectivity index (χ0) is 28.9. The highest BCUT2D eigenvalue weighted by molar-refractivity contribution is 7.92. The van der Waals surface area contributed by atoms with E-state index >= 15 is 0 Å². The van der Waals surface area contributed by atoms with Crippen molar-refractivity contribution in [3.8, 4) is 0 Å². The molecule has 2 aromatic carbocycles. The van der Waals surface area contributed by atoms with Crippen LogP contribution in [0.2, 0.25) is 0 Å². The standard InChI is InChI=1S/C26H33F4N3O4S/c1-18(24(35)31-25(2,3)4)32(17-19-11-13-21(27)14-12-19)23(34)10-7-15-33(38(5,36)37)22-9-6-8-20(16-22)26(28,29)30/h6,8-9,11-14,16,18H,7,10,15,17H2,1-5H3,(H,31,35)/t18-/m1/s1. The maximum absolute atomic E-state index is 13.4. The van der Waals surface area contributed by atoms with E-state index in [1.807, 2.05) is 0 Å². The van der Waals surface area contributed by atoms with Gasteiger partial charge in [0, 0.05) is 25.0 Å². The normalized spacial score (nSPS) is 13.1. The minimum absolute atomic E-state index is 0.00125. The van der Waals surface area contributed by atoms with Crippen molar-refractivity contribution in [2.75, 3.05) is 17.1 Å². The second kappa shape index (κ2) is 12.1. The number of halogens is 4. The molecule has 2 rings (SSSR count). The molecule has 12 heteroatoms. The Labute approximate surface area is 220 Å². The van der Waals surface area contributed by atoms with Gasteiger partial charge in [0.15, 0.2) is 0 Å². The minimum atomic E-state index is -4.65. The average Bonchev–Trinajstić information content (AvgIpc) is 2.78. The number of rotatable bonds is 10. The molecule has 0 aromatic heterocycles. The van der Waals surface area contributed by atoms with Crippen LogP contribution in [-0.2, 0) is 32.3 Å². The molecule has 38 heavy (non-hydrogen) atoms. The van der Waals surface area contributed by atoms with Crippen molar-refractivity contribution >= 4 is 27.5 Å². The predicted molar refractivity (Wildman–Crippen MR) is 137 cm³/mol. The number of amides is 2. The van der Waals surface area contributed by atoms with Gasteiger partial charge in [0.05, 0.1) is 17.5 Å². The number of anilines is 1. The maximum Gasteiger partial charge on any atom is 0.416 e. The molecule has 7 nitrogen and oxygen atoms in total. The SMILES string of the molecule is C[C@H](C(=O)NC(C)(C)C)N(Cc1ccc(F)cc1)C(=O)CCCN(c1cccc(C(F)(F)F)c1)S(C)(=O)=O. The number of carbonyl (C=O) groups is 2. The van der Waals surface area contributed by atoms with Gasteiger partial charge >= 0.3 is 6.18 Å². The maximum atomic E-state index is 13.4. The highest BCUT2D eigenvalue weighted by Gasteiger charge is 2.32. The van der Waals surface area contributed by atoms with Gasteiger partial charge < -0.3 is 10.2 Å². The van der Waals surface area contributed by atoms with Crippen LogP contribution in [0, 0.1) is 5.82 Å². The first kappa shape index (κ1) is 31.1. The lowest BCUT2D eigenvalue weighted by Crippen LogP contribution is -2.52. The molecule has 210 valence electrons. The third-order valence-corrected chi connectivity index (χ3v) is 6.74. The molecule has 0 aliphatic heterocycles. The molecule has 2 aromatic rings. The van der Waals surface area contributed by atoms with E-state index in [0.29, 0.717) is 5.56 Å². The Morgan fingerprint density at radius 1 is 1.03 bits per heavy atom. The molecule has 0 radical (unpaired) electrons. The summed E-state index contributed by atoms with van der Waals surface area (Å²) in [5, 5.41) is 2.81. The molecule has 0 bridgehead atoms. The van der Waals surface area contributed by atoms with Crippen molar-refractivity contribution in [3.05, 3.63) is 65.5 Å². The molecule has 0 saturated heterocycles. The van der Waals surface area contributed by atoms with E-state index in [1.165, 1.54) is 35.2 Å². The van der Waals surface area contributed by atoms with Gasteiger partial charge in [0.2, 0.25) is 21.8 Å². The summed E-state index contributed by atoms with van der Waals surface area (Å²) in [5.41, 5.74) is -1.15. The van der Waals surface area contributed by atoms with Gasteiger partial charge in [-0.2, -0.15) is 13.2 Å². The molecule has 0 aliphatic carbocycles. The summed E-state index contributed by atoms with van der Waals surface area (Å²) < 4.78 is 78.4. The Morgan fingerprint density at radius 2 is 1.63 bits per heavy atom. The van der Waals surface area contributed by atoms with E-state index in [-0.39, 0.29) is 31.6 Å². The summed E-state index contributed by atoms with van der Waals surface area (Å²) in [6.45, 7) is 6.67. The van der Waals surface area contributed by atoms with Crippen LogP contribution in [0.25, 0.3) is 0 Å². The Bertz CT molecular complexity index is 1230. The first-order chi connectivity index (χ1) is 17.4. The van der Waals surface area contributed by atoms with Crippen molar-refractivity contribution < 1.29 is 35.6 Å². The van der Waals surface area contributed by atoms with Crippen LogP contribution in [0.15, 0.2) is 48.5 Å². The first-order valence-electron chi connectivity index (χ1n) is 11.9. The van der Waals surface area contributed by atoms with Crippen molar-refractivity contribution in [3.63, 3.8) is 0 Å². The van der Waals surface area contributed by atoms with Crippen LogP contribution in [0.1, 0.15) is 51.7 Å². The second-order valence-corrected chi connectivity index (χ2v) is 12.0. The van der Waals surface area contributed by atoms with Gasteiger partial charge in [0.1, 0.15) is 11.9 Å². The molecular weight excluding hydrogens is 526 g/mol. The molecule has 0 unspecified atom stereocenters. The van der Waals surface area contributed by atoms with Crippen LogP contribution < -0.4 is 9.62 Å². The number of alkyl halides is 3. The van der Waals surface area contributed by atoms with Crippen LogP contribution >= 0.6 is 0 Å². The monoisotopic (exact) mass is 559 g/mol. The largest absolute Gasteiger partial charge is 0.416 e. The molecule has 0 heterocycles.